The van der Waals surface area contributed by atoms with E-state index in [-0.39, 0.29) is 0 Å². The van der Waals surface area contributed by atoms with Crippen molar-refractivity contribution in [2.24, 2.45) is 5.41 Å². The van der Waals surface area contributed by atoms with Crippen LogP contribution in [0.15, 0.2) is 30.3 Å². The van der Waals surface area contributed by atoms with Gasteiger partial charge in [0.2, 0.25) is 0 Å². The quantitative estimate of drug-likeness (QED) is 0.908. The van der Waals surface area contributed by atoms with Gasteiger partial charge in [0.25, 0.3) is 0 Å². The van der Waals surface area contributed by atoms with Crippen LogP contribution in [0.25, 0.3) is 10.9 Å². The summed E-state index contributed by atoms with van der Waals surface area (Å²) in [5.74, 6) is 0. The maximum atomic E-state index is 6.15. The summed E-state index contributed by atoms with van der Waals surface area (Å²) in [5.41, 5.74) is 9.56. The number of pyridine rings is 1. The van der Waals surface area contributed by atoms with E-state index in [1.165, 1.54) is 12.8 Å². The lowest BCUT2D eigenvalue weighted by atomic mass is 9.82. The van der Waals surface area contributed by atoms with Crippen LogP contribution in [0.3, 0.4) is 0 Å². The first-order valence-electron chi connectivity index (χ1n) is 7.40. The number of hydrogen-bond acceptors (Lipinski definition) is 3. The molecule has 0 bridgehead atoms. The van der Waals surface area contributed by atoms with E-state index >= 15 is 0 Å². The largest absolute Gasteiger partial charge is 0.398 e. The number of nitrogen functional groups attached to an aromatic ring is 1. The average Bonchev–Trinajstić information content (AvgIpc) is 2.41. The zero-order chi connectivity index (χ0) is 14.2. The Morgan fingerprint density at radius 2 is 1.90 bits per heavy atom. The molecule has 20 heavy (non-hydrogen) atoms. The fourth-order valence-corrected chi connectivity index (χ4v) is 2.89. The number of aromatic nitrogens is 1. The highest BCUT2D eigenvalue weighted by Gasteiger charge is 2.25. The van der Waals surface area contributed by atoms with Crippen LogP contribution in [0.5, 0.6) is 0 Å². The van der Waals surface area contributed by atoms with Crippen LogP contribution < -0.4 is 5.73 Å². The second-order valence-electron chi connectivity index (χ2n) is 6.66. The summed E-state index contributed by atoms with van der Waals surface area (Å²) in [6.45, 7) is 7.93. The minimum absolute atomic E-state index is 0.492. The standard InChI is InChI=1S/C17H23N3/c1-17(2)7-9-20(10-8-17)12-13-11-15(18)14-5-3-4-6-16(14)19-13/h3-6,11H,7-10,12H2,1-2H3,(H2,18,19). The number of nitrogens with zero attached hydrogens (tertiary/aromatic N) is 2. The summed E-state index contributed by atoms with van der Waals surface area (Å²) in [6, 6.07) is 10.1. The molecule has 0 radical (unpaired) electrons. The van der Waals surface area contributed by atoms with Crippen LogP contribution in [0, 0.1) is 5.41 Å². The second-order valence-corrected chi connectivity index (χ2v) is 6.66. The van der Waals surface area contributed by atoms with Gasteiger partial charge in [-0.15, -0.1) is 0 Å². The molecule has 2 N–H and O–H groups in total. The van der Waals surface area contributed by atoms with Crippen LogP contribution >= 0.6 is 0 Å². The fraction of sp³-hybridized carbons (Fsp3) is 0.471. The number of benzene rings is 1. The Morgan fingerprint density at radius 1 is 1.20 bits per heavy atom. The summed E-state index contributed by atoms with van der Waals surface area (Å²) in [5, 5.41) is 1.05. The molecule has 1 saturated heterocycles. The zero-order valence-corrected chi connectivity index (χ0v) is 12.4. The number of piperidine rings is 1. The molecular formula is C17H23N3. The number of anilines is 1. The van der Waals surface area contributed by atoms with Crippen molar-refractivity contribution >= 4 is 16.6 Å². The molecule has 106 valence electrons. The summed E-state index contributed by atoms with van der Waals surface area (Å²) in [6.07, 6.45) is 2.52. The van der Waals surface area contributed by atoms with Gasteiger partial charge in [-0.25, -0.2) is 0 Å². The minimum atomic E-state index is 0.492. The van der Waals surface area contributed by atoms with E-state index in [4.69, 9.17) is 10.7 Å². The minimum Gasteiger partial charge on any atom is -0.398 e. The Bertz CT molecular complexity index is 609. The van der Waals surface area contributed by atoms with Gasteiger partial charge in [0.1, 0.15) is 0 Å². The lowest BCUT2D eigenvalue weighted by Crippen LogP contribution is -2.36. The smallest absolute Gasteiger partial charge is 0.0726 e. The summed E-state index contributed by atoms with van der Waals surface area (Å²) < 4.78 is 0. The first kappa shape index (κ1) is 13.4. The van der Waals surface area contributed by atoms with Gasteiger partial charge in [-0.05, 0) is 43.5 Å². The van der Waals surface area contributed by atoms with E-state index in [0.29, 0.717) is 5.41 Å². The van der Waals surface area contributed by atoms with Crippen molar-refractivity contribution < 1.29 is 0 Å². The molecule has 1 aliphatic heterocycles. The predicted molar refractivity (Wildman–Crippen MR) is 84.4 cm³/mol. The van der Waals surface area contributed by atoms with Crippen LogP contribution in [-0.4, -0.2) is 23.0 Å². The van der Waals surface area contributed by atoms with Crippen LogP contribution in [0.4, 0.5) is 5.69 Å². The van der Waals surface area contributed by atoms with Gasteiger partial charge in [0, 0.05) is 17.6 Å². The fourth-order valence-electron chi connectivity index (χ4n) is 2.89. The van der Waals surface area contributed by atoms with Crippen molar-refractivity contribution in [2.45, 2.75) is 33.2 Å². The van der Waals surface area contributed by atoms with Crippen molar-refractivity contribution in [2.75, 3.05) is 18.8 Å². The lowest BCUT2D eigenvalue weighted by molar-refractivity contribution is 0.126. The Morgan fingerprint density at radius 3 is 2.65 bits per heavy atom. The van der Waals surface area contributed by atoms with Gasteiger partial charge in [0.05, 0.1) is 11.2 Å². The van der Waals surface area contributed by atoms with E-state index in [0.717, 1.165) is 41.9 Å². The van der Waals surface area contributed by atoms with Crippen molar-refractivity contribution in [3.63, 3.8) is 0 Å². The number of rotatable bonds is 2. The maximum absolute atomic E-state index is 6.15. The highest BCUT2D eigenvalue weighted by molar-refractivity contribution is 5.90. The van der Waals surface area contributed by atoms with Gasteiger partial charge < -0.3 is 5.73 Å². The molecule has 1 aromatic heterocycles. The van der Waals surface area contributed by atoms with Crippen molar-refractivity contribution in [1.29, 1.82) is 0 Å². The lowest BCUT2D eigenvalue weighted by Gasteiger charge is -2.36. The molecule has 2 heterocycles. The summed E-state index contributed by atoms with van der Waals surface area (Å²) in [4.78, 5) is 7.23. The number of para-hydroxylation sites is 1. The molecule has 0 saturated carbocycles. The highest BCUT2D eigenvalue weighted by Crippen LogP contribution is 2.30. The molecular weight excluding hydrogens is 246 g/mol. The first-order valence-corrected chi connectivity index (χ1v) is 7.40. The maximum Gasteiger partial charge on any atom is 0.0726 e. The van der Waals surface area contributed by atoms with E-state index in [9.17, 15) is 0 Å². The second kappa shape index (κ2) is 5.06. The molecule has 3 rings (SSSR count). The number of likely N-dealkylation sites (tertiary alicyclic amines) is 1. The SMILES string of the molecule is CC1(C)CCN(Cc2cc(N)c3ccccc3n2)CC1. The number of hydrogen-bond donors (Lipinski definition) is 1. The predicted octanol–water partition coefficient (Wildman–Crippen LogP) is 3.44. The molecule has 1 aromatic carbocycles. The van der Waals surface area contributed by atoms with E-state index in [2.05, 4.69) is 18.7 Å². The highest BCUT2D eigenvalue weighted by atomic mass is 15.1. The van der Waals surface area contributed by atoms with E-state index < -0.39 is 0 Å². The van der Waals surface area contributed by atoms with E-state index in [1.54, 1.807) is 0 Å². The first-order chi connectivity index (χ1) is 9.53. The molecule has 2 aromatic rings. The van der Waals surface area contributed by atoms with Gasteiger partial charge in [-0.2, -0.15) is 0 Å². The number of nitrogens with two attached hydrogens (primary N) is 1. The van der Waals surface area contributed by atoms with Gasteiger partial charge >= 0.3 is 0 Å². The third-order valence-corrected chi connectivity index (χ3v) is 4.40. The Hall–Kier alpha value is -1.61. The summed E-state index contributed by atoms with van der Waals surface area (Å²) in [7, 11) is 0. The van der Waals surface area contributed by atoms with Gasteiger partial charge in [-0.3, -0.25) is 9.88 Å². The molecule has 3 heteroatoms. The molecule has 0 spiro atoms. The molecule has 0 atom stereocenters. The third kappa shape index (κ3) is 2.78. The van der Waals surface area contributed by atoms with Crippen LogP contribution in [-0.2, 0) is 6.54 Å². The Labute approximate surface area is 120 Å². The molecule has 3 nitrogen and oxygen atoms in total. The molecule has 0 unspecified atom stereocenters. The van der Waals surface area contributed by atoms with Crippen molar-refractivity contribution in [3.05, 3.63) is 36.0 Å². The zero-order valence-electron chi connectivity index (χ0n) is 12.4. The normalized spacial score (nSPS) is 19.3. The Balaban J connectivity index is 1.78. The van der Waals surface area contributed by atoms with Gasteiger partial charge in [-0.1, -0.05) is 32.0 Å². The van der Waals surface area contributed by atoms with Crippen molar-refractivity contribution in [1.82, 2.24) is 9.88 Å². The topological polar surface area (TPSA) is 42.1 Å². The van der Waals surface area contributed by atoms with Crippen LogP contribution in [0.1, 0.15) is 32.4 Å². The number of fused-ring (bicyclic) bond motifs is 1. The monoisotopic (exact) mass is 269 g/mol. The molecule has 0 aliphatic carbocycles. The summed E-state index contributed by atoms with van der Waals surface area (Å²) >= 11 is 0. The molecule has 1 aliphatic rings. The Kier molecular flexibility index (Phi) is 3.38. The van der Waals surface area contributed by atoms with E-state index in [1.807, 2.05) is 30.3 Å². The average molecular weight is 269 g/mol. The van der Waals surface area contributed by atoms with Gasteiger partial charge in [0.15, 0.2) is 0 Å². The molecule has 1 fully saturated rings. The third-order valence-electron chi connectivity index (χ3n) is 4.40. The van der Waals surface area contributed by atoms with Crippen LogP contribution in [0.2, 0.25) is 0 Å². The van der Waals surface area contributed by atoms with Crippen molar-refractivity contribution in [3.8, 4) is 0 Å². The molecule has 0 amide bonds.